The number of aromatic nitrogens is 1. The lowest BCUT2D eigenvalue weighted by Crippen LogP contribution is -2.61. The van der Waals surface area contributed by atoms with Crippen molar-refractivity contribution in [3.8, 4) is 6.07 Å². The van der Waals surface area contributed by atoms with Gasteiger partial charge in [-0.05, 0) is 41.5 Å². The highest BCUT2D eigenvalue weighted by molar-refractivity contribution is 7.89. The van der Waals surface area contributed by atoms with E-state index in [0.717, 1.165) is 5.01 Å². The van der Waals surface area contributed by atoms with Gasteiger partial charge in [0, 0.05) is 31.3 Å². The summed E-state index contributed by atoms with van der Waals surface area (Å²) in [5, 5.41) is 10.7. The molecule has 9 nitrogen and oxygen atoms in total. The molecule has 0 spiro atoms. The summed E-state index contributed by atoms with van der Waals surface area (Å²) in [6, 6.07) is 7.53. The van der Waals surface area contributed by atoms with Gasteiger partial charge in [0.15, 0.2) is 0 Å². The molecule has 2 heterocycles. The predicted octanol–water partition coefficient (Wildman–Crippen LogP) is 3.49. The first-order valence-electron chi connectivity index (χ1n) is 12.6. The number of anilines is 1. The van der Waals surface area contributed by atoms with Gasteiger partial charge in [-0.1, -0.05) is 32.9 Å². The number of nitrogens with two attached hydrogens (primary N) is 2. The molecule has 1 aromatic carbocycles. The van der Waals surface area contributed by atoms with E-state index in [1.54, 1.807) is 0 Å². The molecular weight excluding hydrogens is 552 g/mol. The first kappa shape index (κ1) is 31.5. The molecule has 0 aliphatic carbocycles. The Kier molecular flexibility index (Phi) is 9.05. The van der Waals surface area contributed by atoms with Gasteiger partial charge in [0.2, 0.25) is 10.0 Å². The number of pyridine rings is 1. The van der Waals surface area contributed by atoms with Gasteiger partial charge in [-0.15, -0.1) is 0 Å². The number of nitriles is 1. The van der Waals surface area contributed by atoms with E-state index in [4.69, 9.17) is 11.6 Å². The summed E-state index contributed by atoms with van der Waals surface area (Å²) in [4.78, 5) is 15.3. The van der Waals surface area contributed by atoms with Gasteiger partial charge in [-0.2, -0.15) is 22.7 Å². The predicted molar refractivity (Wildman–Crippen MR) is 142 cm³/mol. The number of halogens is 4. The highest BCUT2D eigenvalue weighted by atomic mass is 32.2. The van der Waals surface area contributed by atoms with Crippen molar-refractivity contribution in [2.45, 2.75) is 75.8 Å². The number of rotatable bonds is 10. The molecule has 2 aromatic rings. The van der Waals surface area contributed by atoms with Crippen LogP contribution in [0.4, 0.5) is 23.2 Å². The van der Waals surface area contributed by atoms with E-state index in [2.05, 4.69) is 4.98 Å². The standard InChI is InChI=1S/C26H34F4N6O3S/c1-24(2,3)7-8-25(9-10-31,22(27)14-32)36(33)20-6-11-34-23(37)19(20)13-17-4-5-21-18(12-17)15-35(40(21,38)39)16-26(28,29)30/h4-6,11-12,22H,7-9,13-16,32-33H2,1-3H3,(H,34,37)/t22-,25-/m1/s1. The third-order valence-corrected chi connectivity index (χ3v) is 8.98. The van der Waals surface area contributed by atoms with Crippen LogP contribution in [-0.2, 0) is 23.0 Å². The Morgan fingerprint density at radius 3 is 2.45 bits per heavy atom. The molecule has 1 aromatic heterocycles. The van der Waals surface area contributed by atoms with Crippen LogP contribution in [0.5, 0.6) is 0 Å². The number of H-pyrrole nitrogens is 1. The lowest BCUT2D eigenvalue weighted by molar-refractivity contribution is -0.136. The third kappa shape index (κ3) is 6.65. The fraction of sp³-hybridized carbons (Fsp3) is 0.538. The molecule has 0 saturated carbocycles. The topological polar surface area (TPSA) is 149 Å². The van der Waals surface area contributed by atoms with Crippen LogP contribution < -0.4 is 22.1 Å². The lowest BCUT2D eigenvalue weighted by Gasteiger charge is -2.44. The number of nitrogens with one attached hydrogen (secondary N) is 1. The van der Waals surface area contributed by atoms with Crippen LogP contribution in [0, 0.1) is 16.7 Å². The summed E-state index contributed by atoms with van der Waals surface area (Å²) in [5.74, 6) is 6.53. The lowest BCUT2D eigenvalue weighted by atomic mass is 9.78. The highest BCUT2D eigenvalue weighted by Crippen LogP contribution is 2.38. The molecule has 0 radical (unpaired) electrons. The number of sulfonamides is 1. The second kappa shape index (κ2) is 11.5. The number of benzene rings is 1. The number of nitrogens with zero attached hydrogens (tertiary/aromatic N) is 3. The van der Waals surface area contributed by atoms with Crippen LogP contribution >= 0.6 is 0 Å². The van der Waals surface area contributed by atoms with Crippen LogP contribution in [-0.4, -0.2) is 48.7 Å². The summed E-state index contributed by atoms with van der Waals surface area (Å²) >= 11 is 0. The smallest absolute Gasteiger partial charge is 0.329 e. The van der Waals surface area contributed by atoms with Crippen LogP contribution in [0.1, 0.15) is 56.7 Å². The number of alkyl halides is 4. The molecular formula is C26H34F4N6O3S. The van der Waals surface area contributed by atoms with E-state index in [9.17, 15) is 31.6 Å². The van der Waals surface area contributed by atoms with E-state index in [0.29, 0.717) is 16.3 Å². The summed E-state index contributed by atoms with van der Waals surface area (Å²) < 4.78 is 79.9. The van der Waals surface area contributed by atoms with E-state index in [1.165, 1.54) is 30.5 Å². The molecule has 1 aliphatic rings. The van der Waals surface area contributed by atoms with E-state index >= 15 is 4.39 Å². The van der Waals surface area contributed by atoms with Crippen molar-refractivity contribution in [3.05, 3.63) is 57.5 Å². The minimum Gasteiger partial charge on any atom is -0.329 e. The Morgan fingerprint density at radius 1 is 1.20 bits per heavy atom. The Bertz CT molecular complexity index is 1430. The first-order chi connectivity index (χ1) is 18.4. The Labute approximate surface area is 230 Å². The van der Waals surface area contributed by atoms with Crippen LogP contribution in [0.25, 0.3) is 0 Å². The largest absolute Gasteiger partial charge is 0.402 e. The summed E-state index contributed by atoms with van der Waals surface area (Å²) in [6.45, 7) is 3.39. The quantitative estimate of drug-likeness (QED) is 0.219. The van der Waals surface area contributed by atoms with Crippen molar-refractivity contribution in [2.24, 2.45) is 17.0 Å². The summed E-state index contributed by atoms with van der Waals surface area (Å²) in [6.07, 6.45) is -4.83. The molecule has 220 valence electrons. The molecule has 3 rings (SSSR count). The molecule has 0 bridgehead atoms. The van der Waals surface area contributed by atoms with Crippen molar-refractivity contribution < 1.29 is 26.0 Å². The summed E-state index contributed by atoms with van der Waals surface area (Å²) in [5.41, 5.74) is 4.23. The zero-order chi connectivity index (χ0) is 30.1. The van der Waals surface area contributed by atoms with Crippen molar-refractivity contribution in [3.63, 3.8) is 0 Å². The number of hydrazine groups is 1. The number of aromatic amines is 1. The van der Waals surface area contributed by atoms with Crippen molar-refractivity contribution >= 4 is 15.7 Å². The Morgan fingerprint density at radius 2 is 1.88 bits per heavy atom. The highest BCUT2D eigenvalue weighted by Gasteiger charge is 2.45. The van der Waals surface area contributed by atoms with E-state index in [1.807, 2.05) is 26.8 Å². The molecule has 2 atom stereocenters. The zero-order valence-corrected chi connectivity index (χ0v) is 23.4. The second-order valence-electron chi connectivity index (χ2n) is 11.3. The van der Waals surface area contributed by atoms with Crippen LogP contribution in [0.2, 0.25) is 0 Å². The molecule has 0 amide bonds. The molecule has 14 heteroatoms. The molecule has 40 heavy (non-hydrogen) atoms. The fourth-order valence-corrected chi connectivity index (χ4v) is 6.47. The maximum atomic E-state index is 15.6. The van der Waals surface area contributed by atoms with Crippen LogP contribution in [0.3, 0.4) is 0 Å². The van der Waals surface area contributed by atoms with Crippen molar-refractivity contribution in [1.82, 2.24) is 9.29 Å². The molecule has 0 unspecified atom stereocenters. The molecule has 0 saturated heterocycles. The van der Waals surface area contributed by atoms with E-state index < -0.39 is 53.1 Å². The van der Waals surface area contributed by atoms with Gasteiger partial charge < -0.3 is 15.7 Å². The van der Waals surface area contributed by atoms with E-state index in [-0.39, 0.29) is 46.4 Å². The normalized spacial score (nSPS) is 17.6. The second-order valence-corrected chi connectivity index (χ2v) is 13.2. The maximum absolute atomic E-state index is 15.6. The number of fused-ring (bicyclic) bond motifs is 1. The monoisotopic (exact) mass is 586 g/mol. The van der Waals surface area contributed by atoms with Gasteiger partial charge >= 0.3 is 6.18 Å². The van der Waals surface area contributed by atoms with Crippen molar-refractivity contribution in [2.75, 3.05) is 18.1 Å². The SMILES string of the molecule is CC(C)(C)CC[C@@](CC#N)([C@H](F)CN)N(N)c1cc[nH]c(=O)c1Cc1ccc2c(c1)CN(CC(F)(F)F)S2(=O)=O. The maximum Gasteiger partial charge on any atom is 0.402 e. The Balaban J connectivity index is 2.04. The van der Waals surface area contributed by atoms with Gasteiger partial charge in [0.1, 0.15) is 18.3 Å². The van der Waals surface area contributed by atoms with Gasteiger partial charge in [-0.25, -0.2) is 18.7 Å². The average Bonchev–Trinajstić information content (AvgIpc) is 3.09. The average molecular weight is 587 g/mol. The van der Waals surface area contributed by atoms with Crippen LogP contribution in [0.15, 0.2) is 40.2 Å². The minimum atomic E-state index is -4.71. The van der Waals surface area contributed by atoms with Gasteiger partial charge in [0.25, 0.3) is 5.56 Å². The van der Waals surface area contributed by atoms with Gasteiger partial charge in [0.05, 0.1) is 23.1 Å². The number of hydrogen-bond donors (Lipinski definition) is 3. The zero-order valence-electron chi connectivity index (χ0n) is 22.6. The van der Waals surface area contributed by atoms with Crippen molar-refractivity contribution in [1.29, 1.82) is 5.26 Å². The van der Waals surface area contributed by atoms with Gasteiger partial charge in [-0.3, -0.25) is 4.79 Å². The third-order valence-electron chi connectivity index (χ3n) is 7.09. The first-order valence-corrected chi connectivity index (χ1v) is 14.0. The summed E-state index contributed by atoms with van der Waals surface area (Å²) in [7, 11) is -4.32. The molecule has 5 N–H and O–H groups in total. The molecule has 1 aliphatic heterocycles. The minimum absolute atomic E-state index is 0.0900. The number of hydrogen-bond acceptors (Lipinski definition) is 7. The fourth-order valence-electron chi connectivity index (χ4n) is 4.87. The molecule has 0 fully saturated rings. The Hall–Kier alpha value is -2.99.